The van der Waals surface area contributed by atoms with Gasteiger partial charge in [-0.1, -0.05) is 0 Å². The zero-order chi connectivity index (χ0) is 13.6. The van der Waals surface area contributed by atoms with Crippen molar-refractivity contribution in [3.63, 3.8) is 0 Å². The van der Waals surface area contributed by atoms with E-state index < -0.39 is 0 Å². The van der Waals surface area contributed by atoms with Crippen LogP contribution in [0.25, 0.3) is 0 Å². The first-order valence-corrected chi connectivity index (χ1v) is 6.53. The molecule has 1 saturated heterocycles. The number of fused-ring (bicyclic) bond motifs is 1. The summed E-state index contributed by atoms with van der Waals surface area (Å²) < 4.78 is 10.8. The quantitative estimate of drug-likeness (QED) is 0.820. The Kier molecular flexibility index (Phi) is 2.77. The summed E-state index contributed by atoms with van der Waals surface area (Å²) in [5.74, 6) is 1.57. The molecule has 1 aromatic carbocycles. The number of benzene rings is 1. The van der Waals surface area contributed by atoms with Crippen LogP contribution in [0.3, 0.4) is 0 Å². The van der Waals surface area contributed by atoms with E-state index in [1.165, 1.54) is 0 Å². The van der Waals surface area contributed by atoms with Crippen molar-refractivity contribution in [2.75, 3.05) is 26.9 Å². The molecule has 0 spiro atoms. The molecule has 102 valence electrons. The van der Waals surface area contributed by atoms with Gasteiger partial charge in [-0.05, 0) is 37.1 Å². The van der Waals surface area contributed by atoms with Crippen LogP contribution >= 0.6 is 0 Å². The van der Waals surface area contributed by atoms with Gasteiger partial charge >= 0.3 is 6.03 Å². The summed E-state index contributed by atoms with van der Waals surface area (Å²) in [4.78, 5) is 15.7. The number of aryl methyl sites for hydroxylation is 1. The molecule has 1 aromatic rings. The van der Waals surface area contributed by atoms with Crippen molar-refractivity contribution in [1.29, 1.82) is 0 Å². The monoisotopic (exact) mass is 262 g/mol. The number of rotatable bonds is 2. The van der Waals surface area contributed by atoms with E-state index in [2.05, 4.69) is 0 Å². The average molecular weight is 262 g/mol. The summed E-state index contributed by atoms with van der Waals surface area (Å²) in [6.45, 7) is 5.79. The number of carbonyl (C=O) groups is 1. The Morgan fingerprint density at radius 1 is 1.32 bits per heavy atom. The molecule has 3 rings (SSSR count). The van der Waals surface area contributed by atoms with Crippen LogP contribution in [0.1, 0.15) is 24.1 Å². The summed E-state index contributed by atoms with van der Waals surface area (Å²) in [7, 11) is 1.85. The molecule has 0 radical (unpaired) electrons. The van der Waals surface area contributed by atoms with E-state index in [-0.39, 0.29) is 18.9 Å². The minimum absolute atomic E-state index is 0.0851. The molecule has 1 atom stereocenters. The van der Waals surface area contributed by atoms with Gasteiger partial charge in [0.1, 0.15) is 0 Å². The smallest absolute Gasteiger partial charge is 0.320 e. The third-order valence-electron chi connectivity index (χ3n) is 3.94. The van der Waals surface area contributed by atoms with E-state index in [1.54, 1.807) is 4.90 Å². The van der Waals surface area contributed by atoms with Gasteiger partial charge in [0, 0.05) is 20.1 Å². The number of carbonyl (C=O) groups excluding carboxylic acids is 1. The first kappa shape index (κ1) is 12.1. The van der Waals surface area contributed by atoms with Crippen molar-refractivity contribution >= 4 is 6.03 Å². The molecule has 5 heteroatoms. The van der Waals surface area contributed by atoms with Gasteiger partial charge in [0.05, 0.1) is 6.04 Å². The van der Waals surface area contributed by atoms with Crippen LogP contribution in [0, 0.1) is 6.92 Å². The number of ether oxygens (including phenoxy) is 2. The molecule has 0 bridgehead atoms. The van der Waals surface area contributed by atoms with Gasteiger partial charge in [-0.3, -0.25) is 0 Å². The Hall–Kier alpha value is -1.91. The second kappa shape index (κ2) is 4.33. The lowest BCUT2D eigenvalue weighted by atomic mass is 10.00. The maximum Gasteiger partial charge on any atom is 0.320 e. The van der Waals surface area contributed by atoms with Gasteiger partial charge < -0.3 is 19.3 Å². The van der Waals surface area contributed by atoms with Gasteiger partial charge in [-0.25, -0.2) is 4.79 Å². The van der Waals surface area contributed by atoms with E-state index in [0.717, 1.165) is 35.7 Å². The van der Waals surface area contributed by atoms with Gasteiger partial charge in [0.25, 0.3) is 0 Å². The van der Waals surface area contributed by atoms with Crippen molar-refractivity contribution in [2.24, 2.45) is 0 Å². The van der Waals surface area contributed by atoms with Crippen LogP contribution < -0.4 is 9.47 Å². The molecule has 19 heavy (non-hydrogen) atoms. The number of hydrogen-bond donors (Lipinski definition) is 0. The van der Waals surface area contributed by atoms with Crippen LogP contribution in [0.4, 0.5) is 4.79 Å². The number of nitrogens with zero attached hydrogens (tertiary/aromatic N) is 2. The highest BCUT2D eigenvalue weighted by atomic mass is 16.7. The van der Waals surface area contributed by atoms with Gasteiger partial charge in [0.15, 0.2) is 11.5 Å². The van der Waals surface area contributed by atoms with E-state index >= 15 is 0 Å². The van der Waals surface area contributed by atoms with Gasteiger partial charge in [-0.2, -0.15) is 0 Å². The maximum atomic E-state index is 12.1. The highest BCUT2D eigenvalue weighted by Crippen LogP contribution is 2.39. The predicted molar refractivity (Wildman–Crippen MR) is 70.4 cm³/mol. The van der Waals surface area contributed by atoms with E-state index in [0.29, 0.717) is 0 Å². The largest absolute Gasteiger partial charge is 0.454 e. The van der Waals surface area contributed by atoms with Crippen molar-refractivity contribution < 1.29 is 14.3 Å². The third-order valence-corrected chi connectivity index (χ3v) is 3.94. The number of amides is 2. The van der Waals surface area contributed by atoms with E-state index in [9.17, 15) is 4.79 Å². The second-order valence-electron chi connectivity index (χ2n) is 5.01. The van der Waals surface area contributed by atoms with Gasteiger partial charge in [-0.15, -0.1) is 0 Å². The molecule has 0 saturated carbocycles. The standard InChI is InChI=1S/C14H18N2O3/c1-4-16-7-11(15(3)14(16)17)10-6-13-12(5-9(10)2)18-8-19-13/h5-6,11H,4,7-8H2,1-3H3. The van der Waals surface area contributed by atoms with Crippen LogP contribution in [0.2, 0.25) is 0 Å². The van der Waals surface area contributed by atoms with Crippen molar-refractivity contribution in [3.05, 3.63) is 23.3 Å². The highest BCUT2D eigenvalue weighted by Gasteiger charge is 2.36. The van der Waals surface area contributed by atoms with Crippen molar-refractivity contribution in [2.45, 2.75) is 19.9 Å². The molecule has 1 fully saturated rings. The molecule has 2 amide bonds. The summed E-state index contributed by atoms with van der Waals surface area (Å²) in [5.41, 5.74) is 2.27. The summed E-state index contributed by atoms with van der Waals surface area (Å²) >= 11 is 0. The molecular weight excluding hydrogens is 244 g/mol. The lowest BCUT2D eigenvalue weighted by molar-refractivity contribution is 0.174. The molecule has 0 N–H and O–H groups in total. The van der Waals surface area contributed by atoms with Crippen molar-refractivity contribution in [3.8, 4) is 11.5 Å². The normalized spacial score (nSPS) is 21.4. The molecule has 2 aliphatic heterocycles. The first-order valence-electron chi connectivity index (χ1n) is 6.53. The predicted octanol–water partition coefficient (Wildman–Crippen LogP) is 2.15. The Balaban J connectivity index is 1.97. The Bertz CT molecular complexity index is 530. The van der Waals surface area contributed by atoms with Crippen LogP contribution in [-0.2, 0) is 0 Å². The summed E-state index contributed by atoms with van der Waals surface area (Å²) in [6, 6.07) is 4.17. The van der Waals surface area contributed by atoms with E-state index in [4.69, 9.17) is 9.47 Å². The summed E-state index contributed by atoms with van der Waals surface area (Å²) in [6.07, 6.45) is 0. The molecule has 2 aliphatic rings. The fourth-order valence-corrected chi connectivity index (χ4v) is 2.76. The molecule has 0 aliphatic carbocycles. The first-order chi connectivity index (χ1) is 9.11. The van der Waals surface area contributed by atoms with Crippen LogP contribution in [0.5, 0.6) is 11.5 Å². The number of hydrogen-bond acceptors (Lipinski definition) is 3. The average Bonchev–Trinajstić information content (AvgIpc) is 2.95. The van der Waals surface area contributed by atoms with E-state index in [1.807, 2.05) is 37.9 Å². The molecule has 1 unspecified atom stereocenters. The lowest BCUT2D eigenvalue weighted by Gasteiger charge is -2.20. The molecule has 5 nitrogen and oxygen atoms in total. The molecule has 2 heterocycles. The Morgan fingerprint density at radius 3 is 2.63 bits per heavy atom. The minimum Gasteiger partial charge on any atom is -0.454 e. The lowest BCUT2D eigenvalue weighted by Crippen LogP contribution is -2.29. The Morgan fingerprint density at radius 2 is 2.00 bits per heavy atom. The second-order valence-corrected chi connectivity index (χ2v) is 5.01. The SMILES string of the molecule is CCN1CC(c2cc3c(cc2C)OCO3)N(C)C1=O. The summed E-state index contributed by atoms with van der Waals surface area (Å²) in [5, 5.41) is 0. The highest BCUT2D eigenvalue weighted by molar-refractivity contribution is 5.77. The third kappa shape index (κ3) is 1.80. The molecule has 0 aromatic heterocycles. The topological polar surface area (TPSA) is 42.0 Å². The number of urea groups is 1. The minimum atomic E-state index is 0.0851. The van der Waals surface area contributed by atoms with Crippen LogP contribution in [0.15, 0.2) is 12.1 Å². The number of likely N-dealkylation sites (N-methyl/N-ethyl adjacent to an activating group) is 2. The van der Waals surface area contributed by atoms with Crippen LogP contribution in [-0.4, -0.2) is 42.8 Å². The maximum absolute atomic E-state index is 12.1. The zero-order valence-corrected chi connectivity index (χ0v) is 11.5. The fourth-order valence-electron chi connectivity index (χ4n) is 2.76. The zero-order valence-electron chi connectivity index (χ0n) is 11.5. The van der Waals surface area contributed by atoms with Gasteiger partial charge in [0.2, 0.25) is 6.79 Å². The van der Waals surface area contributed by atoms with Crippen molar-refractivity contribution in [1.82, 2.24) is 9.80 Å². The molecular formula is C14H18N2O3. The fraction of sp³-hybridized carbons (Fsp3) is 0.500. The Labute approximate surface area is 112 Å².